The number of anilines is 1. The van der Waals surface area contributed by atoms with Crippen molar-refractivity contribution in [3.8, 4) is 5.75 Å². The van der Waals surface area contributed by atoms with Crippen LogP contribution in [0.25, 0.3) is 5.65 Å². The highest BCUT2D eigenvalue weighted by atomic mass is 16.5. The van der Waals surface area contributed by atoms with Crippen molar-refractivity contribution < 1.29 is 9.53 Å². The lowest BCUT2D eigenvalue weighted by Crippen LogP contribution is -2.48. The van der Waals surface area contributed by atoms with E-state index in [1.807, 2.05) is 42.7 Å². The number of nitrogens with zero attached hydrogens (tertiary/aromatic N) is 5. The van der Waals surface area contributed by atoms with Gasteiger partial charge in [0.2, 0.25) is 5.91 Å². The normalized spacial score (nSPS) is 15.6. The number of methoxy groups -OCH3 is 1. The number of hydrogen-bond donors (Lipinski definition) is 1. The van der Waals surface area contributed by atoms with Crippen LogP contribution in [-0.2, 0) is 11.3 Å². The number of aromatic nitrogens is 3. The third-order valence-electron chi connectivity index (χ3n) is 4.92. The third kappa shape index (κ3) is 4.29. The fraction of sp³-hybridized carbons (Fsp3) is 0.350. The number of ether oxygens (including phenoxy) is 1. The van der Waals surface area contributed by atoms with E-state index in [1.165, 1.54) is 0 Å². The van der Waals surface area contributed by atoms with Crippen LogP contribution in [0.1, 0.15) is 5.56 Å². The molecule has 1 aliphatic rings. The van der Waals surface area contributed by atoms with Crippen LogP contribution in [0.5, 0.6) is 5.75 Å². The van der Waals surface area contributed by atoms with Gasteiger partial charge in [-0.25, -0.2) is 9.50 Å². The number of hydrogen-bond acceptors (Lipinski definition) is 6. The number of amides is 1. The molecule has 1 fully saturated rings. The number of carbonyl (C=O) groups excluding carboxylic acids is 1. The molecule has 1 aliphatic heterocycles. The molecule has 0 spiro atoms. The Bertz CT molecular complexity index is 949. The molecule has 28 heavy (non-hydrogen) atoms. The SMILES string of the molecule is COc1ccccc1NC(=O)CN1CCN(Cc2cnc3ccnn3c2)CC1. The molecule has 0 saturated carbocycles. The first-order valence-electron chi connectivity index (χ1n) is 9.37. The minimum atomic E-state index is -0.0220. The summed E-state index contributed by atoms with van der Waals surface area (Å²) >= 11 is 0. The summed E-state index contributed by atoms with van der Waals surface area (Å²) in [5, 5.41) is 7.17. The van der Waals surface area contributed by atoms with Gasteiger partial charge in [0.05, 0.1) is 25.5 Å². The lowest BCUT2D eigenvalue weighted by Gasteiger charge is -2.34. The average Bonchev–Trinajstić information content (AvgIpc) is 3.18. The van der Waals surface area contributed by atoms with Crippen LogP contribution in [-0.4, -0.2) is 70.1 Å². The standard InChI is InChI=1S/C20H24N6O2/c1-28-18-5-3-2-4-17(18)23-20(27)15-25-10-8-24(9-11-25)13-16-12-21-19-6-7-22-26(19)14-16/h2-7,12,14H,8-11,13,15H2,1H3,(H,23,27). The average molecular weight is 380 g/mol. The van der Waals surface area contributed by atoms with Gasteiger partial charge < -0.3 is 10.1 Å². The van der Waals surface area contributed by atoms with E-state index >= 15 is 0 Å². The monoisotopic (exact) mass is 380 g/mol. The molecule has 0 atom stereocenters. The van der Waals surface area contributed by atoms with Crippen molar-refractivity contribution in [1.82, 2.24) is 24.4 Å². The van der Waals surface area contributed by atoms with Crippen LogP contribution < -0.4 is 10.1 Å². The van der Waals surface area contributed by atoms with E-state index in [4.69, 9.17) is 4.74 Å². The molecule has 146 valence electrons. The first-order valence-corrected chi connectivity index (χ1v) is 9.37. The molecule has 0 bridgehead atoms. The maximum absolute atomic E-state index is 12.4. The summed E-state index contributed by atoms with van der Waals surface area (Å²) < 4.78 is 7.08. The van der Waals surface area contributed by atoms with E-state index in [-0.39, 0.29) is 5.91 Å². The Hall–Kier alpha value is -2.97. The molecule has 1 saturated heterocycles. The highest BCUT2D eigenvalue weighted by Crippen LogP contribution is 2.22. The van der Waals surface area contributed by atoms with Crippen LogP contribution >= 0.6 is 0 Å². The molecule has 3 aromatic rings. The summed E-state index contributed by atoms with van der Waals surface area (Å²) in [5.74, 6) is 0.648. The molecule has 0 aliphatic carbocycles. The topological polar surface area (TPSA) is 75.0 Å². The van der Waals surface area contributed by atoms with E-state index < -0.39 is 0 Å². The molecule has 1 amide bonds. The van der Waals surface area contributed by atoms with Crippen LogP contribution in [0.15, 0.2) is 48.9 Å². The summed E-state index contributed by atoms with van der Waals surface area (Å²) in [6.45, 7) is 4.77. The predicted molar refractivity (Wildman–Crippen MR) is 106 cm³/mol. The highest BCUT2D eigenvalue weighted by Gasteiger charge is 2.19. The van der Waals surface area contributed by atoms with Gasteiger partial charge in [-0.3, -0.25) is 14.6 Å². The second-order valence-electron chi connectivity index (χ2n) is 6.90. The molecule has 2 aromatic heterocycles. The molecule has 3 heterocycles. The molecule has 0 unspecified atom stereocenters. The molecule has 0 radical (unpaired) electrons. The quantitative estimate of drug-likeness (QED) is 0.699. The highest BCUT2D eigenvalue weighted by molar-refractivity contribution is 5.93. The van der Waals surface area contributed by atoms with Gasteiger partial charge in [0.15, 0.2) is 5.65 Å². The zero-order chi connectivity index (χ0) is 19.3. The summed E-state index contributed by atoms with van der Waals surface area (Å²) in [5.41, 5.74) is 2.70. The number of fused-ring (bicyclic) bond motifs is 1. The Kier molecular flexibility index (Phi) is 5.50. The second-order valence-corrected chi connectivity index (χ2v) is 6.90. The van der Waals surface area contributed by atoms with E-state index in [9.17, 15) is 4.79 Å². The third-order valence-corrected chi connectivity index (χ3v) is 4.92. The Morgan fingerprint density at radius 1 is 1.14 bits per heavy atom. The van der Waals surface area contributed by atoms with Crippen LogP contribution in [0.3, 0.4) is 0 Å². The fourth-order valence-corrected chi connectivity index (χ4v) is 3.43. The van der Waals surface area contributed by atoms with E-state index in [0.29, 0.717) is 18.0 Å². The minimum absolute atomic E-state index is 0.0220. The smallest absolute Gasteiger partial charge is 0.238 e. The number of rotatable bonds is 6. The van der Waals surface area contributed by atoms with Crippen LogP contribution in [0.4, 0.5) is 5.69 Å². The van der Waals surface area contributed by atoms with Gasteiger partial charge in [0, 0.05) is 56.7 Å². The number of piperazine rings is 1. The maximum atomic E-state index is 12.4. The number of nitrogens with one attached hydrogen (secondary N) is 1. The minimum Gasteiger partial charge on any atom is -0.495 e. The van der Waals surface area contributed by atoms with Gasteiger partial charge in [-0.2, -0.15) is 5.10 Å². The Labute approximate surface area is 163 Å². The Balaban J connectivity index is 1.26. The summed E-state index contributed by atoms with van der Waals surface area (Å²) in [6, 6.07) is 9.33. The van der Waals surface area contributed by atoms with Crippen molar-refractivity contribution in [1.29, 1.82) is 0 Å². The number of benzene rings is 1. The van der Waals surface area contributed by atoms with Crippen molar-refractivity contribution in [3.63, 3.8) is 0 Å². The van der Waals surface area contributed by atoms with Gasteiger partial charge >= 0.3 is 0 Å². The van der Waals surface area contributed by atoms with Gasteiger partial charge in [-0.1, -0.05) is 12.1 Å². The number of para-hydroxylation sites is 2. The maximum Gasteiger partial charge on any atom is 0.238 e. The van der Waals surface area contributed by atoms with Crippen LogP contribution in [0, 0.1) is 0 Å². The lowest BCUT2D eigenvalue weighted by atomic mass is 10.2. The van der Waals surface area contributed by atoms with Crippen LogP contribution in [0.2, 0.25) is 0 Å². The van der Waals surface area contributed by atoms with E-state index in [1.54, 1.807) is 17.8 Å². The second kappa shape index (κ2) is 8.37. The first kappa shape index (κ1) is 18.4. The fourth-order valence-electron chi connectivity index (χ4n) is 3.43. The molecule has 4 rings (SSSR count). The zero-order valence-corrected chi connectivity index (χ0v) is 15.9. The largest absolute Gasteiger partial charge is 0.495 e. The summed E-state index contributed by atoms with van der Waals surface area (Å²) in [7, 11) is 1.60. The molecule has 1 N–H and O–H groups in total. The van der Waals surface area contributed by atoms with E-state index in [0.717, 1.165) is 43.9 Å². The summed E-state index contributed by atoms with van der Waals surface area (Å²) in [6.07, 6.45) is 5.68. The van der Waals surface area contributed by atoms with Crippen molar-refractivity contribution in [2.24, 2.45) is 0 Å². The van der Waals surface area contributed by atoms with E-state index in [2.05, 4.69) is 25.2 Å². The van der Waals surface area contributed by atoms with Crippen molar-refractivity contribution in [2.45, 2.75) is 6.54 Å². The summed E-state index contributed by atoms with van der Waals surface area (Å²) in [4.78, 5) is 21.3. The first-order chi connectivity index (χ1) is 13.7. The van der Waals surface area contributed by atoms with Crippen molar-refractivity contribution >= 4 is 17.2 Å². The molecule has 8 nitrogen and oxygen atoms in total. The molecule has 8 heteroatoms. The van der Waals surface area contributed by atoms with Gasteiger partial charge in [-0.05, 0) is 12.1 Å². The Morgan fingerprint density at radius 3 is 2.75 bits per heavy atom. The lowest BCUT2D eigenvalue weighted by molar-refractivity contribution is -0.117. The van der Waals surface area contributed by atoms with Crippen molar-refractivity contribution in [3.05, 3.63) is 54.5 Å². The number of carbonyl (C=O) groups is 1. The predicted octanol–water partition coefficient (Wildman–Crippen LogP) is 1.49. The van der Waals surface area contributed by atoms with Gasteiger partial charge in [0.1, 0.15) is 5.75 Å². The molecule has 1 aromatic carbocycles. The zero-order valence-electron chi connectivity index (χ0n) is 15.9. The molecular formula is C20H24N6O2. The van der Waals surface area contributed by atoms with Gasteiger partial charge in [0.25, 0.3) is 0 Å². The Morgan fingerprint density at radius 2 is 1.93 bits per heavy atom. The van der Waals surface area contributed by atoms with Crippen molar-refractivity contribution in [2.75, 3.05) is 45.2 Å². The van der Waals surface area contributed by atoms with Gasteiger partial charge in [-0.15, -0.1) is 0 Å². The molecular weight excluding hydrogens is 356 g/mol.